The Hall–Kier alpha value is 0.714. The van der Waals surface area contributed by atoms with E-state index in [0.29, 0.717) is 11.0 Å². The molecule has 0 N–H and O–H groups in total. The van der Waals surface area contributed by atoms with E-state index in [1.165, 1.54) is 0 Å². The fourth-order valence-corrected chi connectivity index (χ4v) is 8.37. The van der Waals surface area contributed by atoms with Crippen LogP contribution >= 0.6 is 15.9 Å². The summed E-state index contributed by atoms with van der Waals surface area (Å²) >= 11 is 3.43. The summed E-state index contributed by atoms with van der Waals surface area (Å²) in [5.74, 6) is 0. The number of halogens is 1. The van der Waals surface area contributed by atoms with E-state index in [0.717, 1.165) is 6.04 Å². The number of hydrogen-bond donors (Lipinski definition) is 0. The van der Waals surface area contributed by atoms with Crippen molar-refractivity contribution in [3.63, 3.8) is 0 Å². The molecule has 0 aliphatic rings. The zero-order valence-electron chi connectivity index (χ0n) is 10.5. The third kappa shape index (κ3) is 4.19. The first-order valence-corrected chi connectivity index (χ1v) is 10.2. The Bertz CT molecular complexity index is 151. The summed E-state index contributed by atoms with van der Waals surface area (Å²) in [4.78, 5) is 0.717. The SMILES string of the molecule is CO[Si](CBr)(CC[Si](OC)(OC)OC)OC. The number of rotatable bonds is 9. The van der Waals surface area contributed by atoms with Crippen molar-refractivity contribution in [2.45, 2.75) is 12.1 Å². The Morgan fingerprint density at radius 1 is 0.750 bits per heavy atom. The topological polar surface area (TPSA) is 46.2 Å². The van der Waals surface area contributed by atoms with Crippen LogP contribution in [0.4, 0.5) is 0 Å². The van der Waals surface area contributed by atoms with Crippen LogP contribution in [0.1, 0.15) is 0 Å². The quantitative estimate of drug-likeness (QED) is 0.473. The first-order chi connectivity index (χ1) is 7.57. The molecule has 0 aromatic heterocycles. The van der Waals surface area contributed by atoms with E-state index in [4.69, 9.17) is 22.1 Å². The number of hydrogen-bond acceptors (Lipinski definition) is 5. The molecule has 0 saturated heterocycles. The highest BCUT2D eigenvalue weighted by atomic mass is 79.9. The van der Waals surface area contributed by atoms with E-state index in [1.807, 2.05) is 0 Å². The van der Waals surface area contributed by atoms with E-state index in [1.54, 1.807) is 35.5 Å². The maximum absolute atomic E-state index is 5.49. The van der Waals surface area contributed by atoms with Crippen LogP contribution in [0.2, 0.25) is 12.1 Å². The molecule has 0 amide bonds. The van der Waals surface area contributed by atoms with Gasteiger partial charge in [-0.15, -0.1) is 0 Å². The van der Waals surface area contributed by atoms with E-state index >= 15 is 0 Å². The van der Waals surface area contributed by atoms with E-state index in [-0.39, 0.29) is 0 Å². The highest BCUT2D eigenvalue weighted by Gasteiger charge is 2.44. The smallest absolute Gasteiger partial charge is 0.397 e. The van der Waals surface area contributed by atoms with E-state index in [9.17, 15) is 0 Å². The van der Waals surface area contributed by atoms with Crippen molar-refractivity contribution in [3.8, 4) is 0 Å². The Morgan fingerprint density at radius 3 is 1.44 bits per heavy atom. The molecule has 5 nitrogen and oxygen atoms in total. The summed E-state index contributed by atoms with van der Waals surface area (Å²) in [6.45, 7) is 0. The summed E-state index contributed by atoms with van der Waals surface area (Å²) in [6, 6.07) is 1.46. The Kier molecular flexibility index (Phi) is 8.28. The van der Waals surface area contributed by atoms with Gasteiger partial charge in [0.1, 0.15) is 0 Å². The molecular weight excluding hydrogens is 312 g/mol. The van der Waals surface area contributed by atoms with Crippen molar-refractivity contribution < 1.29 is 22.1 Å². The molecule has 0 rings (SSSR count). The molecule has 0 heterocycles. The summed E-state index contributed by atoms with van der Waals surface area (Å²) in [5.41, 5.74) is 0. The standard InChI is InChI=1S/C8H21BrO5Si2/c1-10-15(8-9,11-2)6-7-16(12-3,13-4)14-5/h6-8H2,1-5H3. The van der Waals surface area contributed by atoms with Crippen LogP contribution in [-0.2, 0) is 22.1 Å². The second kappa shape index (κ2) is 7.93. The molecule has 0 radical (unpaired) electrons. The third-order valence-corrected chi connectivity index (χ3v) is 11.4. The molecule has 0 atom stereocenters. The third-order valence-electron chi connectivity index (χ3n) is 2.69. The largest absolute Gasteiger partial charge is 0.500 e. The molecule has 0 aromatic carbocycles. The fourth-order valence-electron chi connectivity index (χ4n) is 1.36. The lowest BCUT2D eigenvalue weighted by Gasteiger charge is -2.30. The van der Waals surface area contributed by atoms with Crippen molar-refractivity contribution >= 4 is 33.3 Å². The van der Waals surface area contributed by atoms with Gasteiger partial charge in [0.05, 0.1) is 0 Å². The Morgan fingerprint density at radius 2 is 1.19 bits per heavy atom. The second-order valence-corrected chi connectivity index (χ2v) is 11.4. The van der Waals surface area contributed by atoms with Gasteiger partial charge < -0.3 is 22.1 Å². The molecule has 0 saturated carbocycles. The molecule has 0 spiro atoms. The lowest BCUT2D eigenvalue weighted by atomic mass is 10.9. The van der Waals surface area contributed by atoms with Gasteiger partial charge in [-0.1, -0.05) is 15.9 Å². The van der Waals surface area contributed by atoms with Crippen molar-refractivity contribution in [1.29, 1.82) is 0 Å². The highest BCUT2D eigenvalue weighted by Crippen LogP contribution is 2.24. The minimum atomic E-state index is -2.52. The van der Waals surface area contributed by atoms with Crippen LogP contribution in [-0.4, -0.2) is 57.9 Å². The molecule has 16 heavy (non-hydrogen) atoms. The summed E-state index contributed by atoms with van der Waals surface area (Å²) in [7, 11) is 3.48. The summed E-state index contributed by atoms with van der Waals surface area (Å²) in [6.07, 6.45) is 0. The first kappa shape index (κ1) is 16.7. The van der Waals surface area contributed by atoms with Crippen LogP contribution in [0, 0.1) is 0 Å². The van der Waals surface area contributed by atoms with Crippen LogP contribution in [0.25, 0.3) is 0 Å². The van der Waals surface area contributed by atoms with Crippen LogP contribution in [0.5, 0.6) is 0 Å². The summed E-state index contributed by atoms with van der Waals surface area (Å²) in [5, 5.41) is 0. The lowest BCUT2D eigenvalue weighted by Crippen LogP contribution is -2.48. The van der Waals surface area contributed by atoms with E-state index in [2.05, 4.69) is 15.9 Å². The minimum Gasteiger partial charge on any atom is -0.397 e. The maximum Gasteiger partial charge on any atom is 0.500 e. The average Bonchev–Trinajstić information content (AvgIpc) is 2.37. The first-order valence-electron chi connectivity index (χ1n) is 4.89. The Labute approximate surface area is 108 Å². The molecule has 8 heteroatoms. The van der Waals surface area contributed by atoms with Crippen LogP contribution < -0.4 is 0 Å². The van der Waals surface area contributed by atoms with Gasteiger partial charge in [-0.05, 0) is 6.04 Å². The van der Waals surface area contributed by atoms with Crippen LogP contribution in [0.15, 0.2) is 0 Å². The monoisotopic (exact) mass is 332 g/mol. The zero-order valence-corrected chi connectivity index (χ0v) is 14.1. The second-order valence-electron chi connectivity index (χ2n) is 3.25. The van der Waals surface area contributed by atoms with Crippen molar-refractivity contribution in [1.82, 2.24) is 0 Å². The van der Waals surface area contributed by atoms with Gasteiger partial charge >= 0.3 is 17.4 Å². The normalized spacial score (nSPS) is 13.1. The molecule has 0 aromatic rings. The van der Waals surface area contributed by atoms with E-state index < -0.39 is 17.4 Å². The molecule has 0 bridgehead atoms. The van der Waals surface area contributed by atoms with Gasteiger partial charge in [-0.2, -0.15) is 0 Å². The Balaban J connectivity index is 4.48. The van der Waals surface area contributed by atoms with Gasteiger partial charge in [0.15, 0.2) is 0 Å². The predicted octanol–water partition coefficient (Wildman–Crippen LogP) is 1.53. The molecule has 0 aliphatic carbocycles. The van der Waals surface area contributed by atoms with Gasteiger partial charge in [-0.25, -0.2) is 0 Å². The predicted molar refractivity (Wildman–Crippen MR) is 70.0 cm³/mol. The maximum atomic E-state index is 5.49. The van der Waals surface area contributed by atoms with Gasteiger partial charge in [0, 0.05) is 46.5 Å². The van der Waals surface area contributed by atoms with Gasteiger partial charge in [0.2, 0.25) is 0 Å². The molecule has 98 valence electrons. The van der Waals surface area contributed by atoms with Crippen molar-refractivity contribution in [3.05, 3.63) is 0 Å². The lowest BCUT2D eigenvalue weighted by molar-refractivity contribution is 0.123. The minimum absolute atomic E-state index is 0.690. The van der Waals surface area contributed by atoms with Crippen molar-refractivity contribution in [2.75, 3.05) is 40.5 Å². The molecule has 0 fully saturated rings. The zero-order chi connectivity index (χ0) is 12.7. The average molecular weight is 333 g/mol. The molecule has 0 unspecified atom stereocenters. The fraction of sp³-hybridized carbons (Fsp3) is 1.00. The van der Waals surface area contributed by atoms with Gasteiger partial charge in [0.25, 0.3) is 0 Å². The summed E-state index contributed by atoms with van der Waals surface area (Å²) < 4.78 is 27.0. The highest BCUT2D eigenvalue weighted by molar-refractivity contribution is 9.09. The number of alkyl halides is 1. The molecule has 0 aliphatic heterocycles. The van der Waals surface area contributed by atoms with Gasteiger partial charge in [-0.3, -0.25) is 0 Å². The van der Waals surface area contributed by atoms with Crippen LogP contribution in [0.3, 0.4) is 0 Å². The molecular formula is C8H21BrO5Si2. The van der Waals surface area contributed by atoms with Crippen molar-refractivity contribution in [2.24, 2.45) is 0 Å².